The summed E-state index contributed by atoms with van der Waals surface area (Å²) in [4.78, 5) is 9.89. The van der Waals surface area contributed by atoms with E-state index in [1.165, 1.54) is 0 Å². The SMILES string of the molecule is Cc1cccc2nc(C3=NC(C)(C)C(C)(C)C4C=CSC34)nnc12. The van der Waals surface area contributed by atoms with Crippen molar-refractivity contribution in [2.75, 3.05) is 0 Å². The number of benzene rings is 1. The van der Waals surface area contributed by atoms with Crippen LogP contribution >= 0.6 is 11.8 Å². The molecule has 4 nitrogen and oxygen atoms in total. The second kappa shape index (κ2) is 5.12. The molecule has 0 aliphatic carbocycles. The van der Waals surface area contributed by atoms with Gasteiger partial charge in [-0.15, -0.1) is 22.0 Å². The Morgan fingerprint density at radius 2 is 1.88 bits per heavy atom. The summed E-state index contributed by atoms with van der Waals surface area (Å²) < 4.78 is 0. The monoisotopic (exact) mass is 338 g/mol. The minimum atomic E-state index is -0.177. The number of hydrogen-bond acceptors (Lipinski definition) is 5. The molecule has 124 valence electrons. The van der Waals surface area contributed by atoms with Crippen LogP contribution in [0, 0.1) is 18.3 Å². The lowest BCUT2D eigenvalue weighted by molar-refractivity contribution is 0.136. The first-order chi connectivity index (χ1) is 11.3. The summed E-state index contributed by atoms with van der Waals surface area (Å²) in [5.74, 6) is 1.10. The van der Waals surface area contributed by atoms with Crippen LogP contribution in [0.3, 0.4) is 0 Å². The van der Waals surface area contributed by atoms with Crippen LogP contribution in [-0.4, -0.2) is 31.7 Å². The third-order valence-corrected chi connectivity index (χ3v) is 6.96. The van der Waals surface area contributed by atoms with E-state index in [1.807, 2.05) is 36.9 Å². The van der Waals surface area contributed by atoms with E-state index < -0.39 is 0 Å². The predicted molar refractivity (Wildman–Crippen MR) is 100 cm³/mol. The normalized spacial score (nSPS) is 27.1. The van der Waals surface area contributed by atoms with E-state index >= 15 is 0 Å². The van der Waals surface area contributed by atoms with E-state index in [-0.39, 0.29) is 16.2 Å². The molecule has 0 radical (unpaired) electrons. The van der Waals surface area contributed by atoms with Crippen molar-refractivity contribution in [1.82, 2.24) is 15.2 Å². The Labute approximate surface area is 146 Å². The molecular weight excluding hydrogens is 316 g/mol. The number of fused-ring (bicyclic) bond motifs is 2. The quantitative estimate of drug-likeness (QED) is 0.782. The minimum absolute atomic E-state index is 0.0853. The molecule has 2 aliphatic heterocycles. The van der Waals surface area contributed by atoms with Gasteiger partial charge in [0.05, 0.1) is 22.0 Å². The van der Waals surface area contributed by atoms with Crippen molar-refractivity contribution in [3.8, 4) is 0 Å². The van der Waals surface area contributed by atoms with Crippen molar-refractivity contribution >= 4 is 28.5 Å². The molecule has 24 heavy (non-hydrogen) atoms. The van der Waals surface area contributed by atoms with Gasteiger partial charge in [0.25, 0.3) is 0 Å². The maximum absolute atomic E-state index is 5.10. The van der Waals surface area contributed by atoms with E-state index in [9.17, 15) is 0 Å². The lowest BCUT2D eigenvalue weighted by Gasteiger charge is -2.48. The highest BCUT2D eigenvalue weighted by molar-refractivity contribution is 8.03. The number of aliphatic imine (C=N–C) groups is 1. The summed E-state index contributed by atoms with van der Waals surface area (Å²) in [7, 11) is 0. The second-order valence-corrected chi connectivity index (χ2v) is 8.82. The van der Waals surface area contributed by atoms with Gasteiger partial charge in [0, 0.05) is 5.92 Å². The molecule has 0 N–H and O–H groups in total. The van der Waals surface area contributed by atoms with Gasteiger partial charge in [-0.2, -0.15) is 0 Å². The van der Waals surface area contributed by atoms with E-state index in [1.54, 1.807) is 0 Å². The van der Waals surface area contributed by atoms with E-state index in [4.69, 9.17) is 9.98 Å². The maximum atomic E-state index is 5.10. The molecule has 2 aliphatic rings. The number of aromatic nitrogens is 3. The molecule has 0 saturated heterocycles. The molecule has 0 saturated carbocycles. The number of hydrogen-bond donors (Lipinski definition) is 0. The molecule has 1 aromatic carbocycles. The third-order valence-electron chi connectivity index (χ3n) is 5.83. The summed E-state index contributed by atoms with van der Waals surface area (Å²) in [5.41, 5.74) is 3.74. The van der Waals surface area contributed by atoms with Crippen LogP contribution in [0.4, 0.5) is 0 Å². The molecule has 0 spiro atoms. The summed E-state index contributed by atoms with van der Waals surface area (Å²) in [6, 6.07) is 6.05. The van der Waals surface area contributed by atoms with Crippen molar-refractivity contribution in [3.05, 3.63) is 41.1 Å². The van der Waals surface area contributed by atoms with Gasteiger partial charge in [-0.25, -0.2) is 4.98 Å². The molecule has 0 fully saturated rings. The lowest BCUT2D eigenvalue weighted by Crippen LogP contribution is -2.52. The molecule has 4 rings (SSSR count). The lowest BCUT2D eigenvalue weighted by atomic mass is 9.62. The Balaban J connectivity index is 1.88. The van der Waals surface area contributed by atoms with E-state index in [2.05, 4.69) is 49.4 Å². The van der Waals surface area contributed by atoms with Gasteiger partial charge in [0.15, 0.2) is 5.82 Å². The Hall–Kier alpha value is -1.75. The first-order valence-corrected chi connectivity index (χ1v) is 9.28. The maximum Gasteiger partial charge on any atom is 0.197 e. The zero-order chi connectivity index (χ0) is 17.1. The Morgan fingerprint density at radius 1 is 1.08 bits per heavy atom. The minimum Gasteiger partial charge on any atom is -0.278 e. The van der Waals surface area contributed by atoms with Gasteiger partial charge in [-0.05, 0) is 43.2 Å². The van der Waals surface area contributed by atoms with Crippen LogP contribution in [0.2, 0.25) is 0 Å². The van der Waals surface area contributed by atoms with Crippen molar-refractivity contribution in [3.63, 3.8) is 0 Å². The van der Waals surface area contributed by atoms with Crippen LogP contribution in [0.25, 0.3) is 11.0 Å². The van der Waals surface area contributed by atoms with Crippen LogP contribution < -0.4 is 0 Å². The fraction of sp³-hybridized carbons (Fsp3) is 0.474. The van der Waals surface area contributed by atoms with Crippen molar-refractivity contribution in [1.29, 1.82) is 0 Å². The second-order valence-electron chi connectivity index (χ2n) is 7.77. The number of nitrogens with zero attached hydrogens (tertiary/aromatic N) is 4. The van der Waals surface area contributed by atoms with Crippen LogP contribution in [0.1, 0.15) is 39.1 Å². The average Bonchev–Trinajstić information content (AvgIpc) is 3.02. The number of aryl methyl sites for hydroxylation is 1. The highest BCUT2D eigenvalue weighted by Gasteiger charge is 2.52. The molecule has 2 unspecified atom stereocenters. The van der Waals surface area contributed by atoms with Gasteiger partial charge in [-0.1, -0.05) is 32.1 Å². The summed E-state index contributed by atoms with van der Waals surface area (Å²) >= 11 is 1.82. The molecule has 3 heterocycles. The fourth-order valence-corrected chi connectivity index (χ4v) is 4.87. The Kier molecular flexibility index (Phi) is 3.36. The van der Waals surface area contributed by atoms with Gasteiger partial charge in [-0.3, -0.25) is 4.99 Å². The molecule has 0 amide bonds. The first kappa shape index (κ1) is 15.8. The first-order valence-electron chi connectivity index (χ1n) is 8.33. The van der Waals surface area contributed by atoms with E-state index in [0.717, 1.165) is 22.3 Å². The average molecular weight is 338 g/mol. The molecule has 5 heteroatoms. The molecule has 1 aromatic heterocycles. The Morgan fingerprint density at radius 3 is 2.67 bits per heavy atom. The number of rotatable bonds is 1. The van der Waals surface area contributed by atoms with Crippen molar-refractivity contribution in [2.45, 2.75) is 45.4 Å². The molecular formula is C19H22N4S. The highest BCUT2D eigenvalue weighted by Crippen LogP contribution is 2.52. The largest absolute Gasteiger partial charge is 0.278 e. The molecule has 2 aromatic rings. The van der Waals surface area contributed by atoms with E-state index in [0.29, 0.717) is 11.7 Å². The third kappa shape index (κ3) is 2.14. The van der Waals surface area contributed by atoms with Crippen molar-refractivity contribution < 1.29 is 0 Å². The Bertz CT molecular complexity index is 882. The smallest absolute Gasteiger partial charge is 0.197 e. The van der Waals surface area contributed by atoms with Gasteiger partial charge in [0.2, 0.25) is 0 Å². The number of allylic oxidation sites excluding steroid dienone is 1. The predicted octanol–water partition coefficient (Wildman–Crippen LogP) is 4.19. The van der Waals surface area contributed by atoms with Crippen LogP contribution in [0.5, 0.6) is 0 Å². The summed E-state index contributed by atoms with van der Waals surface area (Å²) in [5, 5.41) is 11.3. The van der Waals surface area contributed by atoms with Gasteiger partial charge in [0.1, 0.15) is 5.52 Å². The zero-order valence-corrected chi connectivity index (χ0v) is 15.6. The summed E-state index contributed by atoms with van der Waals surface area (Å²) in [6.07, 6.45) is 2.32. The zero-order valence-electron chi connectivity index (χ0n) is 14.7. The van der Waals surface area contributed by atoms with Crippen LogP contribution in [-0.2, 0) is 0 Å². The fourth-order valence-electron chi connectivity index (χ4n) is 3.55. The van der Waals surface area contributed by atoms with Crippen molar-refractivity contribution in [2.24, 2.45) is 16.3 Å². The topological polar surface area (TPSA) is 51.0 Å². The van der Waals surface area contributed by atoms with Gasteiger partial charge < -0.3 is 0 Å². The number of thioether (sulfide) groups is 1. The molecule has 2 atom stereocenters. The highest BCUT2D eigenvalue weighted by atomic mass is 32.2. The standard InChI is InChI=1S/C19H22N4S/c1-11-7-6-8-13-14(11)22-23-17(20-13)15-16-12(9-10-24-16)18(2,3)19(4,5)21-15/h6-10,12,16H,1-5H3. The summed E-state index contributed by atoms with van der Waals surface area (Å²) in [6.45, 7) is 11.1. The van der Waals surface area contributed by atoms with Gasteiger partial charge >= 0.3 is 0 Å². The van der Waals surface area contributed by atoms with Crippen LogP contribution in [0.15, 0.2) is 34.7 Å². The molecule has 0 bridgehead atoms.